The maximum Gasteiger partial charge on any atom is 0.348 e. The normalized spacial score (nSPS) is 15.2. The largest absolute Gasteiger partial charge is 0.395 e. The zero-order valence-corrected chi connectivity index (χ0v) is 15.3. The van der Waals surface area contributed by atoms with E-state index in [2.05, 4.69) is 11.1 Å². The molecule has 1 N–H and O–H groups in total. The van der Waals surface area contributed by atoms with Crippen molar-refractivity contribution in [1.82, 2.24) is 9.55 Å². The number of aliphatic hydroxyl groups is 1. The highest BCUT2D eigenvalue weighted by Crippen LogP contribution is 2.31. The molecule has 6 nitrogen and oxygen atoms in total. The molecule has 2 aromatic rings. The minimum Gasteiger partial charge on any atom is -0.395 e. The summed E-state index contributed by atoms with van der Waals surface area (Å²) in [7, 11) is 0. The molecule has 2 heterocycles. The Morgan fingerprint density at radius 2 is 2.08 bits per heavy atom. The number of aromatic nitrogens is 2. The highest BCUT2D eigenvalue weighted by molar-refractivity contribution is 8.00. The number of aliphatic hydroxyl groups excluding tert-OH is 1. The average molecular weight is 371 g/mol. The zero-order chi connectivity index (χ0) is 18.1. The molecule has 0 unspecified atom stereocenters. The van der Waals surface area contributed by atoms with Crippen LogP contribution in [0.5, 0.6) is 0 Å². The number of hydrogen-bond donors (Lipinski definition) is 1. The van der Waals surface area contributed by atoms with E-state index in [4.69, 9.17) is 0 Å². The number of amides is 1. The van der Waals surface area contributed by atoms with Crippen molar-refractivity contribution in [2.45, 2.75) is 37.3 Å². The summed E-state index contributed by atoms with van der Waals surface area (Å²) < 4.78 is 1.57. The van der Waals surface area contributed by atoms with E-state index in [1.807, 2.05) is 23.1 Å². The third kappa shape index (κ3) is 3.05. The van der Waals surface area contributed by atoms with Crippen molar-refractivity contribution in [2.24, 2.45) is 0 Å². The number of anilines is 1. The molecule has 0 saturated heterocycles. The van der Waals surface area contributed by atoms with E-state index in [1.165, 1.54) is 17.3 Å². The van der Waals surface area contributed by atoms with Gasteiger partial charge in [0.05, 0.1) is 18.9 Å². The smallest absolute Gasteiger partial charge is 0.348 e. The SMILES string of the molecule is O=C(CSc1nc(=O)n(CCO)c2c1CCC2)N1CCc2ccccc21. The van der Waals surface area contributed by atoms with Crippen molar-refractivity contribution in [3.63, 3.8) is 0 Å². The zero-order valence-electron chi connectivity index (χ0n) is 14.5. The molecule has 1 aromatic heterocycles. The molecule has 0 atom stereocenters. The van der Waals surface area contributed by atoms with Crippen LogP contribution < -0.4 is 10.6 Å². The van der Waals surface area contributed by atoms with Gasteiger partial charge in [-0.3, -0.25) is 9.36 Å². The molecule has 7 heteroatoms. The van der Waals surface area contributed by atoms with Crippen LogP contribution in [0.25, 0.3) is 0 Å². The lowest BCUT2D eigenvalue weighted by molar-refractivity contribution is -0.116. The number of fused-ring (bicyclic) bond motifs is 2. The monoisotopic (exact) mass is 371 g/mol. The van der Waals surface area contributed by atoms with Crippen LogP contribution in [0.1, 0.15) is 23.2 Å². The Balaban J connectivity index is 1.52. The van der Waals surface area contributed by atoms with E-state index in [0.717, 1.165) is 42.6 Å². The van der Waals surface area contributed by atoms with Gasteiger partial charge in [0.15, 0.2) is 0 Å². The van der Waals surface area contributed by atoms with Gasteiger partial charge in [-0.25, -0.2) is 4.79 Å². The molecule has 0 spiro atoms. The summed E-state index contributed by atoms with van der Waals surface area (Å²) >= 11 is 1.36. The van der Waals surface area contributed by atoms with Crippen molar-refractivity contribution in [3.05, 3.63) is 51.6 Å². The van der Waals surface area contributed by atoms with Gasteiger partial charge in [0.2, 0.25) is 5.91 Å². The molecular formula is C19H21N3O3S. The number of para-hydroxylation sites is 1. The van der Waals surface area contributed by atoms with Gasteiger partial charge in [-0.05, 0) is 37.3 Å². The van der Waals surface area contributed by atoms with Crippen molar-refractivity contribution >= 4 is 23.4 Å². The van der Waals surface area contributed by atoms with Gasteiger partial charge in [0.25, 0.3) is 0 Å². The standard InChI is InChI=1S/C19H21N3O3S/c23-11-10-22-16-7-3-5-14(16)18(20-19(22)25)26-12-17(24)21-9-8-13-4-1-2-6-15(13)21/h1-2,4,6,23H,3,5,7-12H2. The summed E-state index contributed by atoms with van der Waals surface area (Å²) in [6.45, 7) is 0.915. The first-order valence-corrected chi connectivity index (χ1v) is 9.92. The summed E-state index contributed by atoms with van der Waals surface area (Å²) in [4.78, 5) is 31.0. The Kier molecular flexibility index (Phi) is 4.82. The van der Waals surface area contributed by atoms with Gasteiger partial charge in [0.1, 0.15) is 5.03 Å². The van der Waals surface area contributed by atoms with Gasteiger partial charge in [-0.2, -0.15) is 4.98 Å². The first-order valence-electron chi connectivity index (χ1n) is 8.93. The molecule has 0 saturated carbocycles. The summed E-state index contributed by atoms with van der Waals surface area (Å²) in [5.74, 6) is 0.324. The fourth-order valence-electron chi connectivity index (χ4n) is 3.84. The second kappa shape index (κ2) is 7.25. The van der Waals surface area contributed by atoms with E-state index in [1.54, 1.807) is 4.57 Å². The van der Waals surface area contributed by atoms with Crippen molar-refractivity contribution in [1.29, 1.82) is 0 Å². The average Bonchev–Trinajstić information content (AvgIpc) is 3.29. The second-order valence-electron chi connectivity index (χ2n) is 6.57. The molecule has 1 aromatic carbocycles. The summed E-state index contributed by atoms with van der Waals surface area (Å²) in [6.07, 6.45) is 3.57. The predicted octanol–water partition coefficient (Wildman–Crippen LogP) is 1.41. The van der Waals surface area contributed by atoms with Crippen LogP contribution in [0, 0.1) is 0 Å². The first-order chi connectivity index (χ1) is 12.7. The van der Waals surface area contributed by atoms with E-state index < -0.39 is 0 Å². The van der Waals surface area contributed by atoms with Crippen LogP contribution in [0.4, 0.5) is 5.69 Å². The van der Waals surface area contributed by atoms with E-state index in [-0.39, 0.29) is 30.5 Å². The number of nitrogens with zero attached hydrogens (tertiary/aromatic N) is 3. The topological polar surface area (TPSA) is 75.4 Å². The second-order valence-corrected chi connectivity index (χ2v) is 7.53. The van der Waals surface area contributed by atoms with Crippen LogP contribution in [-0.4, -0.2) is 39.5 Å². The molecule has 1 amide bonds. The molecule has 0 radical (unpaired) electrons. The van der Waals surface area contributed by atoms with Crippen molar-refractivity contribution < 1.29 is 9.90 Å². The Morgan fingerprint density at radius 1 is 1.23 bits per heavy atom. The van der Waals surface area contributed by atoms with Gasteiger partial charge in [0, 0.05) is 23.5 Å². The Labute approximate surface area is 155 Å². The number of hydrogen-bond acceptors (Lipinski definition) is 5. The van der Waals surface area contributed by atoms with Gasteiger partial charge >= 0.3 is 5.69 Å². The maximum atomic E-state index is 12.7. The quantitative estimate of drug-likeness (QED) is 0.635. The minimum absolute atomic E-state index is 0.0491. The number of thioether (sulfide) groups is 1. The molecule has 1 aliphatic heterocycles. The van der Waals surface area contributed by atoms with E-state index in [0.29, 0.717) is 11.6 Å². The van der Waals surface area contributed by atoms with E-state index >= 15 is 0 Å². The lowest BCUT2D eigenvalue weighted by Crippen LogP contribution is -2.31. The molecule has 136 valence electrons. The highest BCUT2D eigenvalue weighted by atomic mass is 32.2. The van der Waals surface area contributed by atoms with Crippen LogP contribution in [0.15, 0.2) is 34.1 Å². The molecule has 4 rings (SSSR count). The van der Waals surface area contributed by atoms with Gasteiger partial charge in [-0.15, -0.1) is 0 Å². The minimum atomic E-state index is -0.332. The Bertz CT molecular complexity index is 909. The lowest BCUT2D eigenvalue weighted by atomic mass is 10.2. The molecule has 1 aliphatic carbocycles. The van der Waals surface area contributed by atoms with Crippen molar-refractivity contribution in [3.8, 4) is 0 Å². The molecule has 0 bridgehead atoms. The van der Waals surface area contributed by atoms with Crippen LogP contribution in [0.2, 0.25) is 0 Å². The number of carbonyl (C=O) groups excluding carboxylic acids is 1. The first kappa shape index (κ1) is 17.3. The Morgan fingerprint density at radius 3 is 2.92 bits per heavy atom. The Hall–Kier alpha value is -2.12. The molecule has 0 fully saturated rings. The number of rotatable bonds is 5. The van der Waals surface area contributed by atoms with Crippen LogP contribution in [-0.2, 0) is 30.6 Å². The van der Waals surface area contributed by atoms with Gasteiger partial charge in [-0.1, -0.05) is 30.0 Å². The van der Waals surface area contributed by atoms with E-state index in [9.17, 15) is 14.7 Å². The number of benzene rings is 1. The predicted molar refractivity (Wildman–Crippen MR) is 101 cm³/mol. The molecule has 26 heavy (non-hydrogen) atoms. The third-order valence-electron chi connectivity index (χ3n) is 5.04. The fraction of sp³-hybridized carbons (Fsp3) is 0.421. The maximum absolute atomic E-state index is 12.7. The fourth-order valence-corrected chi connectivity index (χ4v) is 4.79. The summed E-state index contributed by atoms with van der Waals surface area (Å²) in [5, 5.41) is 9.86. The number of carbonyl (C=O) groups is 1. The molecular weight excluding hydrogens is 350 g/mol. The van der Waals surface area contributed by atoms with Crippen molar-refractivity contribution in [2.75, 3.05) is 23.8 Å². The lowest BCUT2D eigenvalue weighted by Gasteiger charge is -2.18. The summed E-state index contributed by atoms with van der Waals surface area (Å²) in [5.41, 5.74) is 3.91. The van der Waals surface area contributed by atoms with Crippen LogP contribution >= 0.6 is 11.8 Å². The molecule has 2 aliphatic rings. The van der Waals surface area contributed by atoms with Crippen LogP contribution in [0.3, 0.4) is 0 Å². The highest BCUT2D eigenvalue weighted by Gasteiger charge is 2.26. The third-order valence-corrected chi connectivity index (χ3v) is 6.05. The summed E-state index contributed by atoms with van der Waals surface area (Å²) in [6, 6.07) is 7.99. The van der Waals surface area contributed by atoms with Gasteiger partial charge < -0.3 is 10.0 Å².